The van der Waals surface area contributed by atoms with Gasteiger partial charge in [0, 0.05) is 37.2 Å². The van der Waals surface area contributed by atoms with Crippen LogP contribution in [0.2, 0.25) is 0 Å². The lowest BCUT2D eigenvalue weighted by molar-refractivity contribution is 0.102. The maximum absolute atomic E-state index is 14.6. The van der Waals surface area contributed by atoms with Crippen LogP contribution in [-0.4, -0.2) is 30.1 Å². The molecule has 1 amide bonds. The molecule has 1 aliphatic rings. The lowest BCUT2D eigenvalue weighted by Gasteiger charge is -2.11. The number of hydrogen-bond donors (Lipinski definition) is 1. The van der Waals surface area contributed by atoms with Crippen molar-refractivity contribution < 1.29 is 9.18 Å². The van der Waals surface area contributed by atoms with Gasteiger partial charge in [0.2, 0.25) is 0 Å². The van der Waals surface area contributed by atoms with E-state index in [9.17, 15) is 9.18 Å². The number of aryl methyl sites for hydroxylation is 1. The molecule has 8 heteroatoms. The number of rotatable bonds is 3. The van der Waals surface area contributed by atoms with Crippen LogP contribution in [0.25, 0.3) is 17.0 Å². The van der Waals surface area contributed by atoms with Crippen LogP contribution < -0.4 is 5.32 Å². The summed E-state index contributed by atoms with van der Waals surface area (Å²) in [4.78, 5) is 16.8. The van der Waals surface area contributed by atoms with E-state index in [-0.39, 0.29) is 11.7 Å². The zero-order valence-corrected chi connectivity index (χ0v) is 15.7. The summed E-state index contributed by atoms with van der Waals surface area (Å²) >= 11 is 0. The summed E-state index contributed by atoms with van der Waals surface area (Å²) in [6, 6.07) is 8.00. The number of anilines is 1. The number of nitrogens with one attached hydrogen (secondary N) is 1. The van der Waals surface area contributed by atoms with Gasteiger partial charge in [-0.3, -0.25) is 4.79 Å². The lowest BCUT2D eigenvalue weighted by Crippen LogP contribution is -2.13. The van der Waals surface area contributed by atoms with Crippen molar-refractivity contribution in [3.8, 4) is 11.4 Å². The second-order valence-corrected chi connectivity index (χ2v) is 7.16. The van der Waals surface area contributed by atoms with Gasteiger partial charge in [0.1, 0.15) is 17.3 Å². The number of pyridine rings is 1. The Kier molecular flexibility index (Phi) is 4.31. The van der Waals surface area contributed by atoms with E-state index in [1.54, 1.807) is 47.3 Å². The van der Waals surface area contributed by atoms with Gasteiger partial charge in [-0.15, -0.1) is 10.2 Å². The van der Waals surface area contributed by atoms with Gasteiger partial charge in [-0.05, 0) is 43.2 Å². The fraction of sp³-hybridized carbons (Fsp3) is 0.238. The second kappa shape index (κ2) is 7.12. The highest BCUT2D eigenvalue weighted by Crippen LogP contribution is 2.27. The third-order valence-corrected chi connectivity index (χ3v) is 5.23. The van der Waals surface area contributed by atoms with E-state index in [0.717, 1.165) is 43.7 Å². The van der Waals surface area contributed by atoms with Gasteiger partial charge in [0.15, 0.2) is 5.82 Å². The number of carbonyl (C=O) groups is 1. The monoisotopic (exact) mass is 390 g/mol. The maximum Gasteiger partial charge on any atom is 0.257 e. The maximum atomic E-state index is 14.6. The molecule has 146 valence electrons. The topological polar surface area (TPSA) is 77.1 Å². The van der Waals surface area contributed by atoms with Crippen molar-refractivity contribution >= 4 is 17.2 Å². The Balaban J connectivity index is 1.45. The Morgan fingerprint density at radius 2 is 2.03 bits per heavy atom. The molecular weight excluding hydrogens is 371 g/mol. The first-order chi connectivity index (χ1) is 14.2. The number of halogens is 1. The van der Waals surface area contributed by atoms with E-state index in [1.807, 2.05) is 4.57 Å². The quantitative estimate of drug-likeness (QED) is 0.579. The first-order valence-corrected chi connectivity index (χ1v) is 9.65. The molecule has 1 aromatic carbocycles. The van der Waals surface area contributed by atoms with Crippen LogP contribution in [0.15, 0.2) is 48.9 Å². The largest absolute Gasteiger partial charge is 0.322 e. The third kappa shape index (κ3) is 3.26. The number of imidazole rings is 1. The number of nitrogens with zero attached hydrogens (tertiary/aromatic N) is 5. The second-order valence-electron chi connectivity index (χ2n) is 7.16. The van der Waals surface area contributed by atoms with Gasteiger partial charge < -0.3 is 14.3 Å². The van der Waals surface area contributed by atoms with E-state index in [1.165, 1.54) is 6.07 Å². The minimum absolute atomic E-state index is 0.279. The molecule has 1 aliphatic heterocycles. The number of benzene rings is 1. The van der Waals surface area contributed by atoms with Crippen LogP contribution in [0, 0.1) is 5.82 Å². The minimum atomic E-state index is -0.387. The Bertz CT molecular complexity index is 1210. The summed E-state index contributed by atoms with van der Waals surface area (Å²) in [5, 5.41) is 11.3. The molecule has 0 aliphatic carbocycles. The predicted molar refractivity (Wildman–Crippen MR) is 106 cm³/mol. The van der Waals surface area contributed by atoms with Crippen molar-refractivity contribution in [2.45, 2.75) is 32.2 Å². The normalized spacial score (nSPS) is 13.8. The van der Waals surface area contributed by atoms with Gasteiger partial charge in [-0.1, -0.05) is 6.42 Å². The molecule has 4 aromatic rings. The zero-order chi connectivity index (χ0) is 19.8. The summed E-state index contributed by atoms with van der Waals surface area (Å²) in [7, 11) is 0. The average Bonchev–Trinajstić information content (AvgIpc) is 3.29. The van der Waals surface area contributed by atoms with Crippen LogP contribution in [-0.2, 0) is 13.0 Å². The minimum Gasteiger partial charge on any atom is -0.322 e. The summed E-state index contributed by atoms with van der Waals surface area (Å²) in [5.41, 5.74) is 2.09. The summed E-state index contributed by atoms with van der Waals surface area (Å²) < 4.78 is 18.4. The van der Waals surface area contributed by atoms with Crippen molar-refractivity contribution in [2.75, 3.05) is 5.32 Å². The fourth-order valence-corrected chi connectivity index (χ4v) is 3.72. The molecule has 0 atom stereocenters. The Labute approximate surface area is 166 Å². The molecule has 4 heterocycles. The summed E-state index contributed by atoms with van der Waals surface area (Å²) in [6.45, 7) is 0.776. The fourth-order valence-electron chi connectivity index (χ4n) is 3.72. The molecule has 0 bridgehead atoms. The molecule has 5 rings (SSSR count). The van der Waals surface area contributed by atoms with Crippen molar-refractivity contribution in [3.63, 3.8) is 0 Å². The van der Waals surface area contributed by atoms with Crippen LogP contribution in [0.3, 0.4) is 0 Å². The Morgan fingerprint density at radius 1 is 1.10 bits per heavy atom. The molecule has 0 unspecified atom stereocenters. The number of amides is 1. The number of aromatic nitrogens is 5. The zero-order valence-electron chi connectivity index (χ0n) is 15.7. The molecule has 0 saturated carbocycles. The number of hydrogen-bond acceptors (Lipinski definition) is 4. The van der Waals surface area contributed by atoms with Crippen LogP contribution >= 0.6 is 0 Å². The van der Waals surface area contributed by atoms with Crippen molar-refractivity contribution in [2.24, 2.45) is 0 Å². The molecule has 7 nitrogen and oxygen atoms in total. The SMILES string of the molecule is O=C(Nc1ccc(F)c(-c2nnc3n2CCCCC3)c1)c1ccc2nccn2c1. The Morgan fingerprint density at radius 3 is 2.97 bits per heavy atom. The van der Waals surface area contributed by atoms with E-state index >= 15 is 0 Å². The predicted octanol–water partition coefficient (Wildman–Crippen LogP) is 3.71. The van der Waals surface area contributed by atoms with Crippen molar-refractivity contribution in [1.29, 1.82) is 0 Å². The Hall–Kier alpha value is -3.55. The highest BCUT2D eigenvalue weighted by atomic mass is 19.1. The molecule has 3 aromatic heterocycles. The molecule has 0 radical (unpaired) electrons. The standard InChI is InChI=1S/C21H19FN6O/c22-17-7-6-15(24-21(29)14-5-8-18-23-9-11-27(18)13-14)12-16(17)20-26-25-19-4-2-1-3-10-28(19)20/h5-9,11-13H,1-4,10H2,(H,24,29). The van der Waals surface area contributed by atoms with Crippen molar-refractivity contribution in [3.05, 3.63) is 66.1 Å². The third-order valence-electron chi connectivity index (χ3n) is 5.23. The summed E-state index contributed by atoms with van der Waals surface area (Å²) in [5.74, 6) is 0.732. The molecular formula is C21H19FN6O. The molecule has 0 fully saturated rings. The number of fused-ring (bicyclic) bond motifs is 2. The van der Waals surface area contributed by atoms with Gasteiger partial charge >= 0.3 is 0 Å². The van der Waals surface area contributed by atoms with Crippen molar-refractivity contribution in [1.82, 2.24) is 24.1 Å². The van der Waals surface area contributed by atoms with E-state index in [2.05, 4.69) is 20.5 Å². The van der Waals surface area contributed by atoms with Gasteiger partial charge in [0.25, 0.3) is 5.91 Å². The molecule has 0 saturated heterocycles. The lowest BCUT2D eigenvalue weighted by atomic mass is 10.1. The average molecular weight is 390 g/mol. The molecule has 0 spiro atoms. The van der Waals surface area contributed by atoms with E-state index in [0.29, 0.717) is 22.6 Å². The summed E-state index contributed by atoms with van der Waals surface area (Å²) in [6.07, 6.45) is 9.22. The highest BCUT2D eigenvalue weighted by Gasteiger charge is 2.19. The van der Waals surface area contributed by atoms with Crippen LogP contribution in [0.5, 0.6) is 0 Å². The van der Waals surface area contributed by atoms with E-state index in [4.69, 9.17) is 0 Å². The molecule has 1 N–H and O–H groups in total. The smallest absolute Gasteiger partial charge is 0.257 e. The van der Waals surface area contributed by atoms with E-state index < -0.39 is 0 Å². The van der Waals surface area contributed by atoms with Crippen LogP contribution in [0.4, 0.5) is 10.1 Å². The van der Waals surface area contributed by atoms with Gasteiger partial charge in [0.05, 0.1) is 11.1 Å². The number of carbonyl (C=O) groups excluding carboxylic acids is 1. The van der Waals surface area contributed by atoms with Crippen LogP contribution in [0.1, 0.15) is 35.4 Å². The van der Waals surface area contributed by atoms with Gasteiger partial charge in [-0.2, -0.15) is 0 Å². The molecule has 29 heavy (non-hydrogen) atoms. The first kappa shape index (κ1) is 17.5. The van der Waals surface area contributed by atoms with Gasteiger partial charge in [-0.25, -0.2) is 9.37 Å². The first-order valence-electron chi connectivity index (χ1n) is 9.65. The highest BCUT2D eigenvalue weighted by molar-refractivity contribution is 6.04.